The second-order valence-electron chi connectivity index (χ2n) is 13.3. The minimum Gasteiger partial charge on any atom is -0.457 e. The number of quaternary nitrogens is 1. The van der Waals surface area contributed by atoms with Crippen LogP contribution in [-0.2, 0) is 27.9 Å². The van der Waals surface area contributed by atoms with Gasteiger partial charge in [-0.15, -0.1) is 0 Å². The van der Waals surface area contributed by atoms with Gasteiger partial charge in [-0.25, -0.2) is 4.57 Å². The molecule has 0 amide bonds. The number of ether oxygens (including phenoxy) is 2. The van der Waals surface area contributed by atoms with Crippen LogP contribution >= 0.6 is 7.82 Å². The highest BCUT2D eigenvalue weighted by atomic mass is 31.2. The largest absolute Gasteiger partial charge is 0.472 e. The van der Waals surface area contributed by atoms with Crippen LogP contribution in [0.5, 0.6) is 0 Å². The molecule has 0 radical (unpaired) electrons. The van der Waals surface area contributed by atoms with Crippen molar-refractivity contribution in [2.24, 2.45) is 0 Å². The Morgan fingerprint density at radius 1 is 0.628 bits per heavy atom. The van der Waals surface area contributed by atoms with E-state index >= 15 is 0 Å². The summed E-state index contributed by atoms with van der Waals surface area (Å²) >= 11 is 0. The minimum absolute atomic E-state index is 0.0930. The average Bonchev–Trinajstić information content (AvgIpc) is 2.94. The van der Waals surface area contributed by atoms with E-state index in [0.717, 1.165) is 32.1 Å². The number of hydrogen-bond acceptors (Lipinski definition) is 6. The summed E-state index contributed by atoms with van der Waals surface area (Å²) in [5.74, 6) is -0.317. The summed E-state index contributed by atoms with van der Waals surface area (Å²) in [5, 5.41) is 0. The SMILES string of the molecule is CCCCCCCCCCCCCCCOCC(COP(=O)(O)OCC[N+](C)(C)C)OC(=O)CCCCCCCCCC. The van der Waals surface area contributed by atoms with Gasteiger partial charge in [0.2, 0.25) is 0 Å². The lowest BCUT2D eigenvalue weighted by atomic mass is 10.0. The monoisotopic (exact) mass is 636 g/mol. The van der Waals surface area contributed by atoms with Crippen LogP contribution in [0.1, 0.15) is 155 Å². The Labute approximate surface area is 266 Å². The summed E-state index contributed by atoms with van der Waals surface area (Å²) in [6.07, 6.45) is 25.6. The number of likely N-dealkylation sites (N-methyl/N-ethyl adjacent to an activating group) is 1. The molecule has 0 aromatic carbocycles. The molecule has 8 nitrogen and oxygen atoms in total. The van der Waals surface area contributed by atoms with Crippen LogP contribution in [0.2, 0.25) is 0 Å². The third-order valence-corrected chi connectivity index (χ3v) is 8.65. The zero-order chi connectivity index (χ0) is 32.1. The van der Waals surface area contributed by atoms with Gasteiger partial charge in [-0.2, -0.15) is 0 Å². The highest BCUT2D eigenvalue weighted by molar-refractivity contribution is 7.47. The first-order valence-corrected chi connectivity index (χ1v) is 19.3. The lowest BCUT2D eigenvalue weighted by Crippen LogP contribution is -2.37. The van der Waals surface area contributed by atoms with E-state index in [2.05, 4.69) is 13.8 Å². The summed E-state index contributed by atoms with van der Waals surface area (Å²) < 4.78 is 34.7. The van der Waals surface area contributed by atoms with Gasteiger partial charge in [0.25, 0.3) is 0 Å². The lowest BCUT2D eigenvalue weighted by Gasteiger charge is -2.24. The number of esters is 1. The number of phosphoric ester groups is 1. The first kappa shape index (κ1) is 42.5. The minimum atomic E-state index is -4.25. The molecule has 9 heteroatoms. The molecule has 2 unspecified atom stereocenters. The van der Waals surface area contributed by atoms with Gasteiger partial charge >= 0.3 is 13.8 Å². The Morgan fingerprint density at radius 3 is 1.53 bits per heavy atom. The van der Waals surface area contributed by atoms with Gasteiger partial charge in [0.05, 0.1) is 34.4 Å². The summed E-state index contributed by atoms with van der Waals surface area (Å²) in [6, 6.07) is 0. The molecule has 0 saturated carbocycles. The van der Waals surface area contributed by atoms with Crippen LogP contribution < -0.4 is 0 Å². The van der Waals surface area contributed by atoms with Crippen molar-refractivity contribution in [2.45, 2.75) is 161 Å². The molecule has 0 aliphatic heterocycles. The lowest BCUT2D eigenvalue weighted by molar-refractivity contribution is -0.870. The van der Waals surface area contributed by atoms with Gasteiger partial charge in [0.15, 0.2) is 0 Å². The van der Waals surface area contributed by atoms with E-state index in [4.69, 9.17) is 18.5 Å². The maximum absolute atomic E-state index is 12.5. The topological polar surface area (TPSA) is 91.3 Å². The maximum Gasteiger partial charge on any atom is 0.472 e. The smallest absolute Gasteiger partial charge is 0.457 e. The molecule has 0 heterocycles. The number of unbranched alkanes of at least 4 members (excludes halogenated alkanes) is 19. The first-order valence-electron chi connectivity index (χ1n) is 17.8. The van der Waals surface area contributed by atoms with Crippen LogP contribution in [0.15, 0.2) is 0 Å². The van der Waals surface area contributed by atoms with Crippen LogP contribution in [-0.4, -0.2) is 75.6 Å². The van der Waals surface area contributed by atoms with Crippen molar-refractivity contribution in [3.8, 4) is 0 Å². The molecule has 0 aliphatic rings. The number of hydrogen-bond donors (Lipinski definition) is 1. The van der Waals surface area contributed by atoms with Gasteiger partial charge in [-0.05, 0) is 12.8 Å². The third kappa shape index (κ3) is 32.7. The van der Waals surface area contributed by atoms with E-state index in [1.807, 2.05) is 21.1 Å². The molecule has 0 bridgehead atoms. The van der Waals surface area contributed by atoms with Crippen molar-refractivity contribution >= 4 is 13.8 Å². The Hall–Kier alpha value is -0.500. The second kappa shape index (κ2) is 28.9. The van der Waals surface area contributed by atoms with Crippen LogP contribution in [0.25, 0.3) is 0 Å². The molecule has 0 rings (SSSR count). The molecule has 258 valence electrons. The van der Waals surface area contributed by atoms with Gasteiger partial charge < -0.3 is 18.9 Å². The second-order valence-corrected chi connectivity index (χ2v) is 14.7. The molecular weight excluding hydrogens is 565 g/mol. The van der Waals surface area contributed by atoms with Crippen molar-refractivity contribution in [1.29, 1.82) is 0 Å². The van der Waals surface area contributed by atoms with Crippen molar-refractivity contribution in [2.75, 3.05) is 54.1 Å². The normalized spacial score (nSPS) is 14.1. The highest BCUT2D eigenvalue weighted by Crippen LogP contribution is 2.43. The molecule has 0 saturated heterocycles. The van der Waals surface area contributed by atoms with E-state index in [1.165, 1.54) is 103 Å². The summed E-state index contributed by atoms with van der Waals surface area (Å²) in [7, 11) is 1.68. The fourth-order valence-corrected chi connectivity index (χ4v) is 5.59. The molecule has 43 heavy (non-hydrogen) atoms. The zero-order valence-corrected chi connectivity index (χ0v) is 29.9. The highest BCUT2D eigenvalue weighted by Gasteiger charge is 2.26. The molecule has 0 spiro atoms. The molecule has 0 aliphatic carbocycles. The Morgan fingerprint density at radius 2 is 1.07 bits per heavy atom. The molecule has 2 atom stereocenters. The average molecular weight is 637 g/mol. The number of carbonyl (C=O) groups excluding carboxylic acids is 1. The number of nitrogens with zero attached hydrogens (tertiary/aromatic N) is 1. The molecule has 0 aromatic heterocycles. The van der Waals surface area contributed by atoms with Crippen molar-refractivity contribution < 1.29 is 37.3 Å². The van der Waals surface area contributed by atoms with E-state index < -0.39 is 13.9 Å². The Kier molecular flexibility index (Phi) is 28.6. The van der Waals surface area contributed by atoms with Gasteiger partial charge in [0, 0.05) is 13.0 Å². The van der Waals surface area contributed by atoms with Crippen LogP contribution in [0, 0.1) is 0 Å². The number of rotatable bonds is 33. The standard InChI is InChI=1S/C34H70NO7P/c1-6-8-10-12-14-16-17-18-19-20-22-24-26-29-39-31-33(32-41-43(37,38)40-30-28-35(3,4)5)42-34(36)27-25-23-21-15-13-11-9-7-2/h33H,6-32H2,1-5H3/p+1. The number of phosphoric acid groups is 1. The van der Waals surface area contributed by atoms with E-state index in [9.17, 15) is 14.3 Å². The zero-order valence-electron chi connectivity index (χ0n) is 29.0. The van der Waals surface area contributed by atoms with Crippen molar-refractivity contribution in [3.63, 3.8) is 0 Å². The van der Waals surface area contributed by atoms with E-state index in [1.54, 1.807) is 0 Å². The molecule has 1 N–H and O–H groups in total. The van der Waals surface area contributed by atoms with Crippen LogP contribution in [0.4, 0.5) is 0 Å². The van der Waals surface area contributed by atoms with Crippen molar-refractivity contribution in [3.05, 3.63) is 0 Å². The van der Waals surface area contributed by atoms with Gasteiger partial charge in [-0.1, -0.05) is 136 Å². The quantitative estimate of drug-likeness (QED) is 0.0332. The Balaban J connectivity index is 4.27. The Bertz CT molecular complexity index is 672. The van der Waals surface area contributed by atoms with Crippen molar-refractivity contribution in [1.82, 2.24) is 0 Å². The fourth-order valence-electron chi connectivity index (χ4n) is 4.85. The summed E-state index contributed by atoms with van der Waals surface area (Å²) in [5.41, 5.74) is 0. The molecule has 0 aromatic rings. The third-order valence-electron chi connectivity index (χ3n) is 7.67. The number of carbonyl (C=O) groups is 1. The maximum atomic E-state index is 12.5. The summed E-state index contributed by atoms with van der Waals surface area (Å²) in [6.45, 7) is 5.61. The van der Waals surface area contributed by atoms with Crippen LogP contribution in [0.3, 0.4) is 0 Å². The molecule has 0 fully saturated rings. The van der Waals surface area contributed by atoms with E-state index in [-0.39, 0.29) is 25.8 Å². The first-order chi connectivity index (χ1) is 20.6. The van der Waals surface area contributed by atoms with E-state index in [0.29, 0.717) is 24.1 Å². The molecular formula is C34H71NO7P+. The summed E-state index contributed by atoms with van der Waals surface area (Å²) in [4.78, 5) is 22.6. The van der Waals surface area contributed by atoms with Gasteiger partial charge in [0.1, 0.15) is 19.3 Å². The predicted octanol–water partition coefficient (Wildman–Crippen LogP) is 9.38. The predicted molar refractivity (Wildman–Crippen MR) is 178 cm³/mol. The fraction of sp³-hybridized carbons (Fsp3) is 0.971. The van der Waals surface area contributed by atoms with Gasteiger partial charge in [-0.3, -0.25) is 13.8 Å².